The van der Waals surface area contributed by atoms with Gasteiger partial charge in [0.15, 0.2) is 0 Å². The van der Waals surface area contributed by atoms with Crippen LogP contribution in [-0.2, 0) is 0 Å². The smallest absolute Gasteiger partial charge is 0.0497 e. The molecule has 0 aromatic heterocycles. The lowest BCUT2D eigenvalue weighted by Gasteiger charge is -1.92. The van der Waals surface area contributed by atoms with Crippen LogP contribution in [-0.4, -0.2) is 9.52 Å². The van der Waals surface area contributed by atoms with E-state index in [1.165, 1.54) is 12.5 Å². The molecule has 0 saturated heterocycles. The van der Waals surface area contributed by atoms with Crippen molar-refractivity contribution in [3.05, 3.63) is 23.4 Å². The lowest BCUT2D eigenvalue weighted by molar-refractivity contribution is 1.36. The molecule has 0 radical (unpaired) electrons. The van der Waals surface area contributed by atoms with E-state index in [2.05, 4.69) is 25.2 Å². The van der Waals surface area contributed by atoms with Crippen molar-refractivity contribution in [1.29, 1.82) is 0 Å². The largest absolute Gasteiger partial charge is 0.0842 e. The average molecular weight is 124 g/mol. The Morgan fingerprint density at radius 3 is 3.12 bits per heavy atom. The van der Waals surface area contributed by atoms with Crippen molar-refractivity contribution < 1.29 is 0 Å². The summed E-state index contributed by atoms with van der Waals surface area (Å²) in [5.74, 6) is 0. The first-order chi connectivity index (χ1) is 3.93. The molecule has 0 amide bonds. The van der Waals surface area contributed by atoms with Gasteiger partial charge in [-0.3, -0.25) is 0 Å². The second kappa shape index (κ2) is 2.87. The molecule has 44 valence electrons. The Labute approximate surface area is 53.1 Å². The van der Waals surface area contributed by atoms with Gasteiger partial charge in [0, 0.05) is 9.52 Å². The summed E-state index contributed by atoms with van der Waals surface area (Å²) in [6.07, 6.45) is 7.98. The lowest BCUT2D eigenvalue weighted by Crippen LogP contribution is -1.88. The first-order valence-electron chi connectivity index (χ1n) is 3.28. The van der Waals surface area contributed by atoms with Crippen LogP contribution in [0.1, 0.15) is 13.3 Å². The first-order valence-corrected chi connectivity index (χ1v) is 4.98. The van der Waals surface area contributed by atoms with Crippen LogP contribution in [0.3, 0.4) is 0 Å². The predicted octanol–water partition coefficient (Wildman–Crippen LogP) is 1.44. The molecule has 0 saturated carbocycles. The van der Waals surface area contributed by atoms with Crippen LogP contribution in [0, 0.1) is 0 Å². The maximum atomic E-state index is 2.29. The molecule has 1 aliphatic carbocycles. The molecule has 0 bridgehead atoms. The normalized spacial score (nSPS) is 18.4. The minimum atomic E-state index is 0.197. The molecule has 0 aromatic carbocycles. The van der Waals surface area contributed by atoms with Crippen LogP contribution < -0.4 is 0 Å². The summed E-state index contributed by atoms with van der Waals surface area (Å²) in [7, 11) is 0.197. The van der Waals surface area contributed by atoms with Gasteiger partial charge in [-0.05, 0) is 6.42 Å². The van der Waals surface area contributed by atoms with Gasteiger partial charge in [-0.1, -0.05) is 36.4 Å². The van der Waals surface area contributed by atoms with Gasteiger partial charge < -0.3 is 0 Å². The Balaban J connectivity index is 2.28. The summed E-state index contributed by atoms with van der Waals surface area (Å²) in [6, 6.07) is 1.42. The Hall–Kier alpha value is -0.303. The van der Waals surface area contributed by atoms with Crippen LogP contribution >= 0.6 is 0 Å². The number of hydrogen-bond acceptors (Lipinski definition) is 0. The Kier molecular flexibility index (Phi) is 2.09. The Bertz CT molecular complexity index is 122. The fraction of sp³-hybridized carbons (Fsp3) is 0.429. The van der Waals surface area contributed by atoms with Gasteiger partial charge in [-0.15, -0.1) is 0 Å². The van der Waals surface area contributed by atoms with E-state index in [-0.39, 0.29) is 9.52 Å². The van der Waals surface area contributed by atoms with E-state index >= 15 is 0 Å². The van der Waals surface area contributed by atoms with Gasteiger partial charge >= 0.3 is 0 Å². The monoisotopic (exact) mass is 124 g/mol. The van der Waals surface area contributed by atoms with Gasteiger partial charge in [0.25, 0.3) is 0 Å². The minimum absolute atomic E-state index is 0.197. The summed E-state index contributed by atoms with van der Waals surface area (Å²) in [6.45, 7) is 2.28. The molecule has 1 heteroatoms. The van der Waals surface area contributed by atoms with Crippen LogP contribution in [0.2, 0.25) is 6.04 Å². The predicted molar refractivity (Wildman–Crippen MR) is 40.9 cm³/mol. The van der Waals surface area contributed by atoms with Crippen LogP contribution in [0.5, 0.6) is 0 Å². The topological polar surface area (TPSA) is 0 Å². The summed E-state index contributed by atoms with van der Waals surface area (Å²) in [5, 5.41) is 1.73. The van der Waals surface area contributed by atoms with Crippen LogP contribution in [0.4, 0.5) is 0 Å². The summed E-state index contributed by atoms with van der Waals surface area (Å²) < 4.78 is 0. The SMILES string of the molecule is CC[SiH2]C1=CC=CC1. The fourth-order valence-electron chi connectivity index (χ4n) is 0.998. The average Bonchev–Trinajstić information content (AvgIpc) is 2.19. The molecule has 0 spiro atoms. The summed E-state index contributed by atoms with van der Waals surface area (Å²) >= 11 is 0. The first kappa shape index (κ1) is 5.83. The molecular formula is C7H12Si. The van der Waals surface area contributed by atoms with E-state index in [1.54, 1.807) is 5.20 Å². The second-order valence-electron chi connectivity index (χ2n) is 2.21. The standard InChI is InChI=1S/C7H12Si/c1-2-8-7-5-3-4-6-7/h3-5H,2,6,8H2,1H3. The van der Waals surface area contributed by atoms with Gasteiger partial charge in [-0.25, -0.2) is 0 Å². The van der Waals surface area contributed by atoms with E-state index in [9.17, 15) is 0 Å². The molecule has 1 rings (SSSR count). The van der Waals surface area contributed by atoms with E-state index in [1.807, 2.05) is 0 Å². The highest BCUT2D eigenvalue weighted by atomic mass is 28.2. The van der Waals surface area contributed by atoms with Crippen LogP contribution in [0.25, 0.3) is 0 Å². The molecule has 0 heterocycles. The van der Waals surface area contributed by atoms with Crippen molar-refractivity contribution in [2.24, 2.45) is 0 Å². The highest BCUT2D eigenvalue weighted by molar-refractivity contribution is 6.45. The summed E-state index contributed by atoms with van der Waals surface area (Å²) in [5.41, 5.74) is 0. The molecular weight excluding hydrogens is 112 g/mol. The number of rotatable bonds is 2. The van der Waals surface area contributed by atoms with E-state index in [0.29, 0.717) is 0 Å². The molecule has 0 aliphatic heterocycles. The number of hydrogen-bond donors (Lipinski definition) is 0. The van der Waals surface area contributed by atoms with Gasteiger partial charge in [0.05, 0.1) is 0 Å². The lowest BCUT2D eigenvalue weighted by atomic mass is 10.5. The zero-order valence-electron chi connectivity index (χ0n) is 5.35. The zero-order chi connectivity index (χ0) is 5.82. The molecule has 1 aliphatic rings. The van der Waals surface area contributed by atoms with Gasteiger partial charge in [0.2, 0.25) is 0 Å². The van der Waals surface area contributed by atoms with Crippen LogP contribution in [0.15, 0.2) is 23.4 Å². The molecule has 0 atom stereocenters. The maximum Gasteiger partial charge on any atom is 0.0497 e. The Morgan fingerprint density at radius 1 is 1.75 bits per heavy atom. The van der Waals surface area contributed by atoms with Crippen molar-refractivity contribution in [2.75, 3.05) is 0 Å². The third-order valence-electron chi connectivity index (χ3n) is 1.42. The zero-order valence-corrected chi connectivity index (χ0v) is 6.77. The van der Waals surface area contributed by atoms with Gasteiger partial charge in [0.1, 0.15) is 0 Å². The molecule has 0 N–H and O–H groups in total. The fourth-order valence-corrected chi connectivity index (χ4v) is 2.31. The number of allylic oxidation sites excluding steroid dienone is 4. The Morgan fingerprint density at radius 2 is 2.62 bits per heavy atom. The van der Waals surface area contributed by atoms with Crippen molar-refractivity contribution >= 4 is 9.52 Å². The molecule has 0 nitrogen and oxygen atoms in total. The molecule has 0 fully saturated rings. The quantitative estimate of drug-likeness (QED) is 0.489. The highest BCUT2D eigenvalue weighted by Crippen LogP contribution is 2.08. The minimum Gasteiger partial charge on any atom is -0.0842 e. The highest BCUT2D eigenvalue weighted by Gasteiger charge is 1.95. The molecule has 8 heavy (non-hydrogen) atoms. The van der Waals surface area contributed by atoms with Crippen molar-refractivity contribution in [3.8, 4) is 0 Å². The van der Waals surface area contributed by atoms with Crippen molar-refractivity contribution in [2.45, 2.75) is 19.4 Å². The third kappa shape index (κ3) is 1.34. The molecule has 0 aromatic rings. The maximum absolute atomic E-state index is 2.29. The van der Waals surface area contributed by atoms with E-state index in [0.717, 1.165) is 0 Å². The summed E-state index contributed by atoms with van der Waals surface area (Å²) in [4.78, 5) is 0. The van der Waals surface area contributed by atoms with Crippen molar-refractivity contribution in [1.82, 2.24) is 0 Å². The van der Waals surface area contributed by atoms with Gasteiger partial charge in [-0.2, -0.15) is 0 Å². The third-order valence-corrected chi connectivity index (χ3v) is 3.09. The van der Waals surface area contributed by atoms with E-state index in [4.69, 9.17) is 0 Å². The molecule has 0 unspecified atom stereocenters. The van der Waals surface area contributed by atoms with E-state index < -0.39 is 0 Å². The second-order valence-corrected chi connectivity index (χ2v) is 4.62. The van der Waals surface area contributed by atoms with Crippen molar-refractivity contribution in [3.63, 3.8) is 0 Å².